The molecule has 2 heteroatoms. The molecule has 0 unspecified atom stereocenters. The number of hydrogen-bond donors (Lipinski definition) is 0. The van der Waals surface area contributed by atoms with Crippen LogP contribution in [0.1, 0.15) is 219 Å². The van der Waals surface area contributed by atoms with Crippen molar-refractivity contribution in [2.24, 2.45) is 0 Å². The normalized spacial score (nSPS) is 11.6. The van der Waals surface area contributed by atoms with Crippen LogP contribution < -0.4 is 0 Å². The Morgan fingerprint density at radius 1 is 0.366 bits per heavy atom. The molecule has 0 fully saturated rings. The van der Waals surface area contributed by atoms with Gasteiger partial charge in [0, 0.05) is 13.1 Å². The second-order valence-corrected chi connectivity index (χ2v) is 13.1. The Morgan fingerprint density at radius 2 is 0.585 bits per heavy atom. The lowest BCUT2D eigenvalue weighted by molar-refractivity contribution is -0.149. The van der Waals surface area contributed by atoms with Crippen molar-refractivity contribution in [1.29, 1.82) is 0 Å². The van der Waals surface area contributed by atoms with E-state index in [-0.39, 0.29) is 0 Å². The molecule has 0 saturated carbocycles. The maximum Gasteiger partial charge on any atom is 0.0864 e. The number of rotatable bonds is 37. The van der Waals surface area contributed by atoms with Gasteiger partial charge in [0.25, 0.3) is 0 Å². The molecular formula is C39H79NO. The van der Waals surface area contributed by atoms with Gasteiger partial charge in [-0.2, -0.15) is 5.06 Å². The van der Waals surface area contributed by atoms with E-state index >= 15 is 0 Å². The quantitative estimate of drug-likeness (QED) is 0.0413. The summed E-state index contributed by atoms with van der Waals surface area (Å²) >= 11 is 0. The maximum absolute atomic E-state index is 5.96. The molecule has 246 valence electrons. The van der Waals surface area contributed by atoms with E-state index in [1.807, 2.05) is 6.08 Å². The Balaban J connectivity index is 3.45. The highest BCUT2D eigenvalue weighted by Gasteiger charge is 2.05. The third-order valence-electron chi connectivity index (χ3n) is 8.90. The number of unbranched alkanes of at least 4 members (excludes halogenated alkanes) is 30. The predicted octanol–water partition coefficient (Wildman–Crippen LogP) is 13.9. The number of hydrogen-bond acceptors (Lipinski definition) is 2. The van der Waals surface area contributed by atoms with Crippen molar-refractivity contribution < 1.29 is 4.84 Å². The van der Waals surface area contributed by atoms with E-state index in [9.17, 15) is 0 Å². The van der Waals surface area contributed by atoms with Crippen LogP contribution in [0, 0.1) is 0 Å². The van der Waals surface area contributed by atoms with Gasteiger partial charge in [-0.3, -0.25) is 4.84 Å². The summed E-state index contributed by atoms with van der Waals surface area (Å²) in [6.45, 7) is 11.3. The van der Waals surface area contributed by atoms with Gasteiger partial charge in [0.2, 0.25) is 0 Å². The molecule has 0 aliphatic heterocycles. The Hall–Kier alpha value is -0.340. The Bertz CT molecular complexity index is 428. The average Bonchev–Trinajstić information content (AvgIpc) is 2.98. The number of nitrogens with zero attached hydrogens (tertiary/aromatic N) is 1. The number of hydroxylamine groups is 2. The van der Waals surface area contributed by atoms with Crippen molar-refractivity contribution in [2.45, 2.75) is 219 Å². The van der Waals surface area contributed by atoms with Crippen molar-refractivity contribution in [2.75, 3.05) is 19.7 Å². The van der Waals surface area contributed by atoms with Crippen LogP contribution in [-0.2, 0) is 4.84 Å². The first-order chi connectivity index (χ1) is 20.3. The summed E-state index contributed by atoms with van der Waals surface area (Å²) in [5.74, 6) is 0. The molecule has 0 saturated heterocycles. The molecule has 2 nitrogen and oxygen atoms in total. The van der Waals surface area contributed by atoms with Crippen LogP contribution in [0.15, 0.2) is 12.7 Å². The second-order valence-electron chi connectivity index (χ2n) is 13.1. The summed E-state index contributed by atoms with van der Waals surface area (Å²) in [5.41, 5.74) is 0. The molecule has 0 rings (SSSR count). The van der Waals surface area contributed by atoms with E-state index in [1.165, 1.54) is 205 Å². The van der Waals surface area contributed by atoms with Crippen molar-refractivity contribution in [3.05, 3.63) is 12.7 Å². The minimum atomic E-state index is 0.651. The van der Waals surface area contributed by atoms with Crippen LogP contribution in [0.3, 0.4) is 0 Å². The van der Waals surface area contributed by atoms with E-state index in [0.29, 0.717) is 6.61 Å². The van der Waals surface area contributed by atoms with Gasteiger partial charge in [-0.15, -0.1) is 6.58 Å². The van der Waals surface area contributed by atoms with Crippen LogP contribution in [0.4, 0.5) is 0 Å². The highest BCUT2D eigenvalue weighted by Crippen LogP contribution is 2.16. The van der Waals surface area contributed by atoms with E-state index in [1.54, 1.807) is 0 Å². The van der Waals surface area contributed by atoms with Gasteiger partial charge < -0.3 is 0 Å². The highest BCUT2D eigenvalue weighted by molar-refractivity contribution is 4.64. The first-order valence-corrected chi connectivity index (χ1v) is 19.3. The molecule has 0 aliphatic rings. The van der Waals surface area contributed by atoms with Crippen LogP contribution in [0.5, 0.6) is 0 Å². The zero-order chi connectivity index (χ0) is 29.7. The fourth-order valence-corrected chi connectivity index (χ4v) is 6.07. The largest absolute Gasteiger partial charge is 0.295 e. The van der Waals surface area contributed by atoms with E-state index < -0.39 is 0 Å². The molecule has 0 amide bonds. The van der Waals surface area contributed by atoms with E-state index in [4.69, 9.17) is 4.84 Å². The van der Waals surface area contributed by atoms with E-state index in [2.05, 4.69) is 25.5 Å². The molecule has 0 radical (unpaired) electrons. The SMILES string of the molecule is C=CCON(CCCCCCCCCCCCCCCCCC)CCCCCCCCCCCCCCCCCC. The Labute approximate surface area is 261 Å². The Kier molecular flexibility index (Phi) is 37.4. The average molecular weight is 578 g/mol. The minimum Gasteiger partial charge on any atom is -0.295 e. The van der Waals surface area contributed by atoms with Crippen molar-refractivity contribution >= 4 is 0 Å². The summed E-state index contributed by atoms with van der Waals surface area (Å²) < 4.78 is 0. The molecule has 0 atom stereocenters. The molecule has 0 aromatic rings. The van der Waals surface area contributed by atoms with Gasteiger partial charge in [-0.1, -0.05) is 213 Å². The first kappa shape index (κ1) is 40.7. The molecule has 41 heavy (non-hydrogen) atoms. The lowest BCUT2D eigenvalue weighted by atomic mass is 10.0. The van der Waals surface area contributed by atoms with Crippen LogP contribution in [-0.4, -0.2) is 24.8 Å². The Morgan fingerprint density at radius 3 is 0.805 bits per heavy atom. The fourth-order valence-electron chi connectivity index (χ4n) is 6.07. The maximum atomic E-state index is 5.96. The standard InChI is InChI=1S/C39H79NO/c1-4-7-9-11-13-15-17-19-21-23-25-27-29-31-33-35-37-40(41-39-6-3)38-36-34-32-30-28-26-24-22-20-18-16-14-12-10-8-5-2/h6H,3-5,7-39H2,1-2H3. The fraction of sp³-hybridized carbons (Fsp3) is 0.949. The zero-order valence-electron chi connectivity index (χ0n) is 28.9. The lowest BCUT2D eigenvalue weighted by Gasteiger charge is -2.21. The zero-order valence-corrected chi connectivity index (χ0v) is 28.9. The summed E-state index contributed by atoms with van der Waals surface area (Å²) in [7, 11) is 0. The summed E-state index contributed by atoms with van der Waals surface area (Å²) in [6, 6.07) is 0. The topological polar surface area (TPSA) is 12.5 Å². The summed E-state index contributed by atoms with van der Waals surface area (Å²) in [5, 5.41) is 2.23. The molecule has 0 spiro atoms. The molecule has 0 aromatic carbocycles. The third kappa shape index (κ3) is 35.8. The van der Waals surface area contributed by atoms with Crippen molar-refractivity contribution in [1.82, 2.24) is 5.06 Å². The van der Waals surface area contributed by atoms with E-state index in [0.717, 1.165) is 13.1 Å². The molecule has 0 N–H and O–H groups in total. The predicted molar refractivity (Wildman–Crippen MR) is 187 cm³/mol. The van der Waals surface area contributed by atoms with Crippen molar-refractivity contribution in [3.63, 3.8) is 0 Å². The second kappa shape index (κ2) is 37.7. The van der Waals surface area contributed by atoms with Gasteiger partial charge in [0.1, 0.15) is 0 Å². The summed E-state index contributed by atoms with van der Waals surface area (Å²) in [6.07, 6.45) is 47.5. The molecule has 0 aromatic heterocycles. The monoisotopic (exact) mass is 578 g/mol. The summed E-state index contributed by atoms with van der Waals surface area (Å²) in [4.78, 5) is 5.96. The van der Waals surface area contributed by atoms with Gasteiger partial charge in [-0.05, 0) is 12.8 Å². The van der Waals surface area contributed by atoms with Gasteiger partial charge in [-0.25, -0.2) is 0 Å². The van der Waals surface area contributed by atoms with Crippen molar-refractivity contribution in [3.8, 4) is 0 Å². The molecule has 0 heterocycles. The van der Waals surface area contributed by atoms with Gasteiger partial charge in [0.15, 0.2) is 0 Å². The van der Waals surface area contributed by atoms with Gasteiger partial charge in [0.05, 0.1) is 6.61 Å². The lowest BCUT2D eigenvalue weighted by Crippen LogP contribution is -2.26. The van der Waals surface area contributed by atoms with Crippen LogP contribution >= 0.6 is 0 Å². The first-order valence-electron chi connectivity index (χ1n) is 19.3. The third-order valence-corrected chi connectivity index (χ3v) is 8.90. The molecular weight excluding hydrogens is 498 g/mol. The highest BCUT2D eigenvalue weighted by atomic mass is 16.7. The molecule has 0 bridgehead atoms. The smallest absolute Gasteiger partial charge is 0.0864 e. The van der Waals surface area contributed by atoms with Gasteiger partial charge >= 0.3 is 0 Å². The van der Waals surface area contributed by atoms with Crippen LogP contribution in [0.25, 0.3) is 0 Å². The minimum absolute atomic E-state index is 0.651. The molecule has 0 aliphatic carbocycles. The van der Waals surface area contributed by atoms with Crippen LogP contribution in [0.2, 0.25) is 0 Å².